The normalized spacial score (nSPS) is 22.5. The van der Waals surface area contributed by atoms with Crippen molar-refractivity contribution in [1.29, 1.82) is 0 Å². The van der Waals surface area contributed by atoms with Gasteiger partial charge in [0.2, 0.25) is 5.91 Å². The molecule has 0 spiro atoms. The second-order valence-electron chi connectivity index (χ2n) is 3.52. The van der Waals surface area contributed by atoms with Crippen molar-refractivity contribution in [2.75, 3.05) is 33.4 Å². The summed E-state index contributed by atoms with van der Waals surface area (Å²) in [7, 11) is 1.58. The van der Waals surface area contributed by atoms with Gasteiger partial charge in [-0.3, -0.25) is 14.5 Å². The fourth-order valence-corrected chi connectivity index (χ4v) is 1.60. The van der Waals surface area contributed by atoms with Crippen LogP contribution in [0.3, 0.4) is 0 Å². The lowest BCUT2D eigenvalue weighted by Crippen LogP contribution is -2.55. The van der Waals surface area contributed by atoms with Gasteiger partial charge in [-0.1, -0.05) is 0 Å². The maximum atomic E-state index is 11.1. The average Bonchev–Trinajstić information content (AvgIpc) is 2.18. The summed E-state index contributed by atoms with van der Waals surface area (Å²) in [5, 5.41) is 11.4. The van der Waals surface area contributed by atoms with Crippen molar-refractivity contribution in [3.63, 3.8) is 0 Å². The first-order valence-electron chi connectivity index (χ1n) is 4.85. The minimum atomic E-state index is -0.849. The van der Waals surface area contributed by atoms with Crippen LogP contribution in [0, 0.1) is 0 Å². The highest BCUT2D eigenvalue weighted by Crippen LogP contribution is 2.07. The number of hydrogen-bond donors (Lipinski definition) is 2. The lowest BCUT2D eigenvalue weighted by molar-refractivity contribution is -0.140. The molecule has 0 saturated carbocycles. The number of rotatable bonds is 5. The van der Waals surface area contributed by atoms with Gasteiger partial charge in [-0.25, -0.2) is 0 Å². The maximum absolute atomic E-state index is 11.1. The standard InChI is InChI=1S/C9H16N2O4/c1-15-3-2-11-6-8(12)10-5-7(11)4-9(13)14/h7H,2-6H2,1H3,(H,10,12)(H,13,14). The van der Waals surface area contributed by atoms with Crippen LogP contribution in [0.4, 0.5) is 0 Å². The molecule has 1 saturated heterocycles. The van der Waals surface area contributed by atoms with Crippen molar-refractivity contribution in [2.45, 2.75) is 12.5 Å². The molecule has 0 aromatic rings. The van der Waals surface area contributed by atoms with Gasteiger partial charge in [0.25, 0.3) is 0 Å². The molecule has 1 heterocycles. The molecule has 1 fully saturated rings. The van der Waals surface area contributed by atoms with E-state index in [4.69, 9.17) is 9.84 Å². The fourth-order valence-electron chi connectivity index (χ4n) is 1.60. The first kappa shape index (κ1) is 11.9. The number of methoxy groups -OCH3 is 1. The number of amides is 1. The molecule has 1 atom stereocenters. The van der Waals surface area contributed by atoms with Crippen LogP contribution in [0.5, 0.6) is 0 Å². The molecule has 1 unspecified atom stereocenters. The van der Waals surface area contributed by atoms with E-state index in [0.29, 0.717) is 19.7 Å². The van der Waals surface area contributed by atoms with E-state index in [0.717, 1.165) is 0 Å². The van der Waals surface area contributed by atoms with Gasteiger partial charge in [0.05, 0.1) is 19.6 Å². The molecule has 6 nitrogen and oxygen atoms in total. The first-order valence-corrected chi connectivity index (χ1v) is 4.85. The Morgan fingerprint density at radius 3 is 3.07 bits per heavy atom. The predicted molar refractivity (Wildman–Crippen MR) is 52.5 cm³/mol. The van der Waals surface area contributed by atoms with E-state index in [9.17, 15) is 9.59 Å². The van der Waals surface area contributed by atoms with E-state index in [-0.39, 0.29) is 24.9 Å². The average molecular weight is 216 g/mol. The van der Waals surface area contributed by atoms with Crippen LogP contribution < -0.4 is 5.32 Å². The van der Waals surface area contributed by atoms with Crippen molar-refractivity contribution in [2.24, 2.45) is 0 Å². The number of nitrogens with zero attached hydrogens (tertiary/aromatic N) is 1. The van der Waals surface area contributed by atoms with Crippen molar-refractivity contribution in [3.8, 4) is 0 Å². The van der Waals surface area contributed by atoms with Gasteiger partial charge in [-0.2, -0.15) is 0 Å². The fraction of sp³-hybridized carbons (Fsp3) is 0.778. The lowest BCUT2D eigenvalue weighted by atomic mass is 10.1. The Morgan fingerprint density at radius 1 is 1.73 bits per heavy atom. The van der Waals surface area contributed by atoms with Gasteiger partial charge in [0, 0.05) is 26.2 Å². The van der Waals surface area contributed by atoms with Crippen LogP contribution in [0.1, 0.15) is 6.42 Å². The largest absolute Gasteiger partial charge is 0.481 e. The number of carboxylic acids is 1. The maximum Gasteiger partial charge on any atom is 0.305 e. The molecule has 15 heavy (non-hydrogen) atoms. The van der Waals surface area contributed by atoms with Crippen LogP contribution in [-0.2, 0) is 14.3 Å². The molecule has 1 aliphatic heterocycles. The number of nitrogens with one attached hydrogen (secondary N) is 1. The second kappa shape index (κ2) is 5.67. The highest BCUT2D eigenvalue weighted by Gasteiger charge is 2.27. The molecule has 2 N–H and O–H groups in total. The number of carbonyl (C=O) groups is 2. The number of piperazine rings is 1. The van der Waals surface area contributed by atoms with E-state index in [1.54, 1.807) is 7.11 Å². The van der Waals surface area contributed by atoms with Crippen molar-refractivity contribution in [3.05, 3.63) is 0 Å². The highest BCUT2D eigenvalue weighted by molar-refractivity contribution is 5.79. The van der Waals surface area contributed by atoms with Gasteiger partial charge in [-0.05, 0) is 0 Å². The third-order valence-corrected chi connectivity index (χ3v) is 2.39. The van der Waals surface area contributed by atoms with E-state index in [1.807, 2.05) is 4.90 Å². The molecular formula is C9H16N2O4. The van der Waals surface area contributed by atoms with E-state index in [2.05, 4.69) is 5.32 Å². The van der Waals surface area contributed by atoms with Gasteiger partial charge >= 0.3 is 5.97 Å². The van der Waals surface area contributed by atoms with E-state index >= 15 is 0 Å². The Bertz CT molecular complexity index is 244. The van der Waals surface area contributed by atoms with Crippen molar-refractivity contribution >= 4 is 11.9 Å². The van der Waals surface area contributed by atoms with Gasteiger partial charge < -0.3 is 15.2 Å². The lowest BCUT2D eigenvalue weighted by Gasteiger charge is -2.34. The third kappa shape index (κ3) is 3.85. The van der Waals surface area contributed by atoms with Gasteiger partial charge in [0.15, 0.2) is 0 Å². The number of aliphatic carboxylic acids is 1. The van der Waals surface area contributed by atoms with Crippen molar-refractivity contribution in [1.82, 2.24) is 10.2 Å². The summed E-state index contributed by atoms with van der Waals surface area (Å²) in [6, 6.07) is -0.129. The molecule has 6 heteroatoms. The molecular weight excluding hydrogens is 200 g/mol. The van der Waals surface area contributed by atoms with E-state index < -0.39 is 5.97 Å². The van der Waals surface area contributed by atoms with Crippen LogP contribution in [-0.4, -0.2) is 61.3 Å². The quantitative estimate of drug-likeness (QED) is 0.610. The second-order valence-corrected chi connectivity index (χ2v) is 3.52. The van der Waals surface area contributed by atoms with Crippen LogP contribution >= 0.6 is 0 Å². The molecule has 0 bridgehead atoms. The summed E-state index contributed by atoms with van der Waals surface area (Å²) in [5.41, 5.74) is 0. The van der Waals surface area contributed by atoms with Crippen LogP contribution in [0.15, 0.2) is 0 Å². The molecule has 86 valence electrons. The highest BCUT2D eigenvalue weighted by atomic mass is 16.5. The zero-order valence-electron chi connectivity index (χ0n) is 8.73. The summed E-state index contributed by atoms with van der Waals surface area (Å²) in [6.07, 6.45) is 0.0456. The Hall–Kier alpha value is -1.14. The monoisotopic (exact) mass is 216 g/mol. The smallest absolute Gasteiger partial charge is 0.305 e. The Labute approximate surface area is 88.2 Å². The SMILES string of the molecule is COCCN1CC(=O)NCC1CC(=O)O. The molecule has 0 aromatic heterocycles. The number of carbonyl (C=O) groups excluding carboxylic acids is 1. The van der Waals surface area contributed by atoms with Crippen LogP contribution in [0.25, 0.3) is 0 Å². The number of hydrogen-bond acceptors (Lipinski definition) is 4. The number of carboxylic acid groups (broad SMARTS) is 1. The molecule has 1 aliphatic rings. The van der Waals surface area contributed by atoms with Gasteiger partial charge in [-0.15, -0.1) is 0 Å². The summed E-state index contributed by atoms with van der Waals surface area (Å²) >= 11 is 0. The molecule has 0 radical (unpaired) electrons. The topological polar surface area (TPSA) is 78.9 Å². The Kier molecular flexibility index (Phi) is 4.51. The summed E-state index contributed by atoms with van der Waals surface area (Å²) in [6.45, 7) is 1.74. The van der Waals surface area contributed by atoms with E-state index in [1.165, 1.54) is 0 Å². The molecule has 1 amide bonds. The zero-order chi connectivity index (χ0) is 11.3. The Balaban J connectivity index is 2.49. The predicted octanol–water partition coefficient (Wildman–Crippen LogP) is -1.09. The minimum absolute atomic E-state index is 0.0456. The van der Waals surface area contributed by atoms with Crippen molar-refractivity contribution < 1.29 is 19.4 Å². The molecule has 0 aliphatic carbocycles. The number of ether oxygens (including phenoxy) is 1. The molecule has 1 rings (SSSR count). The minimum Gasteiger partial charge on any atom is -0.481 e. The summed E-state index contributed by atoms with van der Waals surface area (Å²) in [5.74, 6) is -0.911. The Morgan fingerprint density at radius 2 is 2.47 bits per heavy atom. The first-order chi connectivity index (χ1) is 7.13. The summed E-state index contributed by atoms with van der Waals surface area (Å²) in [4.78, 5) is 23.6. The zero-order valence-corrected chi connectivity index (χ0v) is 8.73. The summed E-state index contributed by atoms with van der Waals surface area (Å²) < 4.78 is 4.91. The van der Waals surface area contributed by atoms with Crippen LogP contribution in [0.2, 0.25) is 0 Å². The third-order valence-electron chi connectivity index (χ3n) is 2.39. The van der Waals surface area contributed by atoms with Gasteiger partial charge in [0.1, 0.15) is 0 Å². The molecule has 0 aromatic carbocycles.